The minimum Gasteiger partial charge on any atom is -0.444 e. The van der Waals surface area contributed by atoms with Gasteiger partial charge in [-0.2, -0.15) is 0 Å². The van der Waals surface area contributed by atoms with E-state index in [4.69, 9.17) is 4.42 Å². The minimum absolute atomic E-state index is 0.134. The van der Waals surface area contributed by atoms with Gasteiger partial charge in [-0.3, -0.25) is 9.59 Å². The highest BCUT2D eigenvalue weighted by Gasteiger charge is 2.20. The Bertz CT molecular complexity index is 951. The molecule has 25 heavy (non-hydrogen) atoms. The number of benzene rings is 2. The third-order valence-corrected chi connectivity index (χ3v) is 3.85. The Morgan fingerprint density at radius 2 is 2.08 bits per heavy atom. The van der Waals surface area contributed by atoms with Crippen LogP contribution in [0.4, 0.5) is 17.1 Å². The molecule has 1 aliphatic heterocycles. The lowest BCUT2D eigenvalue weighted by atomic mass is 10.1. The molecule has 3 N–H and O–H groups in total. The van der Waals surface area contributed by atoms with Gasteiger partial charge in [0, 0.05) is 11.3 Å². The molecule has 0 fully saturated rings. The van der Waals surface area contributed by atoms with E-state index in [0.717, 1.165) is 5.56 Å². The summed E-state index contributed by atoms with van der Waals surface area (Å²) in [4.78, 5) is 28.0. The van der Waals surface area contributed by atoms with Gasteiger partial charge < -0.3 is 20.4 Å². The summed E-state index contributed by atoms with van der Waals surface area (Å²) < 4.78 is 5.27. The number of carbonyl (C=O) groups is 2. The number of carbonyl (C=O) groups excluding carboxylic acids is 2. The van der Waals surface area contributed by atoms with Gasteiger partial charge in [0.05, 0.1) is 29.7 Å². The van der Waals surface area contributed by atoms with Gasteiger partial charge in [0.2, 0.25) is 5.91 Å². The topological polar surface area (TPSA) is 96.3 Å². The van der Waals surface area contributed by atoms with Crippen molar-refractivity contribution in [1.29, 1.82) is 0 Å². The Morgan fingerprint density at radius 1 is 1.20 bits per heavy atom. The Kier molecular flexibility index (Phi) is 3.66. The number of hydrogen-bond acceptors (Lipinski definition) is 5. The molecule has 2 aromatic carbocycles. The van der Waals surface area contributed by atoms with E-state index in [2.05, 4.69) is 20.9 Å². The van der Waals surface area contributed by atoms with Crippen LogP contribution >= 0.6 is 0 Å². The van der Waals surface area contributed by atoms with Crippen LogP contribution in [-0.4, -0.2) is 23.3 Å². The lowest BCUT2D eigenvalue weighted by molar-refractivity contribution is -0.114. The standard InChI is InChI=1S/C18H14N4O3/c23-16-9-20-17-13(5-2-6-14(17)22-16)18(24)21-12-4-1-3-11(7-12)15-8-19-10-25-15/h1-8,10,20H,9H2,(H,21,24)(H,22,23). The van der Waals surface area contributed by atoms with Crippen LogP contribution in [0.25, 0.3) is 11.3 Å². The highest BCUT2D eigenvalue weighted by Crippen LogP contribution is 2.29. The average molecular weight is 334 g/mol. The Balaban J connectivity index is 1.60. The molecule has 0 spiro atoms. The molecule has 2 heterocycles. The summed E-state index contributed by atoms with van der Waals surface area (Å²) in [5.41, 5.74) is 3.12. The molecule has 0 saturated heterocycles. The Labute approximate surface area is 143 Å². The highest BCUT2D eigenvalue weighted by molar-refractivity contribution is 6.13. The fourth-order valence-corrected chi connectivity index (χ4v) is 2.71. The Hall–Kier alpha value is -3.61. The van der Waals surface area contributed by atoms with Crippen molar-refractivity contribution < 1.29 is 14.0 Å². The maximum absolute atomic E-state index is 12.7. The summed E-state index contributed by atoms with van der Waals surface area (Å²) in [6, 6.07) is 12.5. The van der Waals surface area contributed by atoms with Crippen LogP contribution < -0.4 is 16.0 Å². The summed E-state index contributed by atoms with van der Waals surface area (Å²) in [5.74, 6) is 0.220. The number of anilines is 3. The van der Waals surface area contributed by atoms with Gasteiger partial charge in [0.15, 0.2) is 12.2 Å². The third-order valence-electron chi connectivity index (χ3n) is 3.85. The molecule has 124 valence electrons. The van der Waals surface area contributed by atoms with E-state index in [1.807, 2.05) is 18.2 Å². The quantitative estimate of drug-likeness (QED) is 0.684. The fourth-order valence-electron chi connectivity index (χ4n) is 2.71. The van der Waals surface area contributed by atoms with Gasteiger partial charge >= 0.3 is 0 Å². The molecule has 1 aliphatic rings. The molecular formula is C18H14N4O3. The number of nitrogens with zero attached hydrogens (tertiary/aromatic N) is 1. The van der Waals surface area contributed by atoms with Crippen LogP contribution in [0, 0.1) is 0 Å². The van der Waals surface area contributed by atoms with Crippen molar-refractivity contribution >= 4 is 28.9 Å². The highest BCUT2D eigenvalue weighted by atomic mass is 16.3. The molecule has 1 aromatic heterocycles. The molecule has 0 atom stereocenters. The van der Waals surface area contributed by atoms with E-state index in [0.29, 0.717) is 28.4 Å². The van der Waals surface area contributed by atoms with Crippen LogP contribution in [0.1, 0.15) is 10.4 Å². The van der Waals surface area contributed by atoms with Crippen LogP contribution in [0.2, 0.25) is 0 Å². The molecule has 0 aliphatic carbocycles. The second-order valence-corrected chi connectivity index (χ2v) is 5.53. The first-order valence-corrected chi connectivity index (χ1v) is 7.68. The van der Waals surface area contributed by atoms with Crippen molar-refractivity contribution in [2.24, 2.45) is 0 Å². The molecule has 7 nitrogen and oxygen atoms in total. The van der Waals surface area contributed by atoms with Crippen LogP contribution in [0.3, 0.4) is 0 Å². The molecule has 2 amide bonds. The largest absolute Gasteiger partial charge is 0.444 e. The van der Waals surface area contributed by atoms with Crippen molar-refractivity contribution in [3.63, 3.8) is 0 Å². The van der Waals surface area contributed by atoms with Crippen molar-refractivity contribution in [2.45, 2.75) is 0 Å². The van der Waals surface area contributed by atoms with Crippen LogP contribution in [-0.2, 0) is 4.79 Å². The van der Waals surface area contributed by atoms with Crippen molar-refractivity contribution in [3.8, 4) is 11.3 Å². The molecule has 3 aromatic rings. The monoisotopic (exact) mass is 334 g/mol. The minimum atomic E-state index is -0.268. The van der Waals surface area contributed by atoms with Crippen LogP contribution in [0.15, 0.2) is 59.5 Å². The number of amides is 2. The number of nitrogens with one attached hydrogen (secondary N) is 3. The van der Waals surface area contributed by atoms with Gasteiger partial charge in [0.1, 0.15) is 0 Å². The summed E-state index contributed by atoms with van der Waals surface area (Å²) in [5, 5.41) is 8.60. The average Bonchev–Trinajstić information content (AvgIpc) is 3.16. The summed E-state index contributed by atoms with van der Waals surface area (Å²) >= 11 is 0. The smallest absolute Gasteiger partial charge is 0.257 e. The zero-order valence-corrected chi connectivity index (χ0v) is 13.1. The first-order chi connectivity index (χ1) is 12.2. The second kappa shape index (κ2) is 6.12. The molecule has 7 heteroatoms. The third kappa shape index (κ3) is 2.94. The molecule has 0 unspecified atom stereocenters. The first-order valence-electron chi connectivity index (χ1n) is 7.68. The SMILES string of the molecule is O=C1CNc2c(cccc2C(=O)Nc2cccc(-c3cnco3)c2)N1. The molecule has 0 radical (unpaired) electrons. The number of rotatable bonds is 3. The van der Waals surface area contributed by atoms with E-state index >= 15 is 0 Å². The van der Waals surface area contributed by atoms with Gasteiger partial charge in [-0.15, -0.1) is 0 Å². The number of oxazole rings is 1. The lowest BCUT2D eigenvalue weighted by Gasteiger charge is -2.21. The van der Waals surface area contributed by atoms with Gasteiger partial charge in [-0.1, -0.05) is 18.2 Å². The number of para-hydroxylation sites is 1. The summed E-state index contributed by atoms with van der Waals surface area (Å²) in [7, 11) is 0. The fraction of sp³-hybridized carbons (Fsp3) is 0.0556. The number of aromatic nitrogens is 1. The molecular weight excluding hydrogens is 320 g/mol. The maximum atomic E-state index is 12.7. The first kappa shape index (κ1) is 14.9. The van der Waals surface area contributed by atoms with Crippen LogP contribution in [0.5, 0.6) is 0 Å². The summed E-state index contributed by atoms with van der Waals surface area (Å²) in [6.45, 7) is 0.137. The number of hydrogen-bond donors (Lipinski definition) is 3. The predicted octanol–water partition coefficient (Wildman–Crippen LogP) is 2.96. The van der Waals surface area contributed by atoms with Gasteiger partial charge in [0.25, 0.3) is 5.91 Å². The van der Waals surface area contributed by atoms with E-state index in [-0.39, 0.29) is 18.4 Å². The van der Waals surface area contributed by atoms with Crippen molar-refractivity contribution in [2.75, 3.05) is 22.5 Å². The molecule has 0 saturated carbocycles. The predicted molar refractivity (Wildman–Crippen MR) is 93.5 cm³/mol. The van der Waals surface area contributed by atoms with Gasteiger partial charge in [-0.25, -0.2) is 4.98 Å². The normalized spacial score (nSPS) is 12.7. The molecule has 0 bridgehead atoms. The van der Waals surface area contributed by atoms with E-state index in [9.17, 15) is 9.59 Å². The van der Waals surface area contributed by atoms with E-state index in [1.165, 1.54) is 6.39 Å². The zero-order valence-electron chi connectivity index (χ0n) is 13.1. The zero-order chi connectivity index (χ0) is 17.2. The Morgan fingerprint density at radius 3 is 2.92 bits per heavy atom. The van der Waals surface area contributed by atoms with E-state index in [1.54, 1.807) is 30.5 Å². The summed E-state index contributed by atoms with van der Waals surface area (Å²) in [6.07, 6.45) is 2.97. The number of fused-ring (bicyclic) bond motifs is 1. The second-order valence-electron chi connectivity index (χ2n) is 5.53. The lowest BCUT2D eigenvalue weighted by Crippen LogP contribution is -2.29. The van der Waals surface area contributed by atoms with E-state index < -0.39 is 0 Å². The van der Waals surface area contributed by atoms with Crippen molar-refractivity contribution in [1.82, 2.24) is 4.98 Å². The van der Waals surface area contributed by atoms with Gasteiger partial charge in [-0.05, 0) is 24.3 Å². The van der Waals surface area contributed by atoms with Crippen molar-refractivity contribution in [3.05, 3.63) is 60.6 Å². The maximum Gasteiger partial charge on any atom is 0.257 e. The molecule has 4 rings (SSSR count).